The Bertz CT molecular complexity index is 751. The van der Waals surface area contributed by atoms with Crippen LogP contribution in [0.5, 0.6) is 0 Å². The van der Waals surface area contributed by atoms with Gasteiger partial charge in [0.25, 0.3) is 0 Å². The van der Waals surface area contributed by atoms with Crippen LogP contribution >= 0.6 is 11.8 Å². The van der Waals surface area contributed by atoms with Gasteiger partial charge in [-0.2, -0.15) is 11.8 Å². The molecule has 3 rings (SSSR count). The summed E-state index contributed by atoms with van der Waals surface area (Å²) in [4.78, 5) is 35.6. The van der Waals surface area contributed by atoms with E-state index in [9.17, 15) is 14.4 Å². The second-order valence-electron chi connectivity index (χ2n) is 8.15. The van der Waals surface area contributed by atoms with Crippen molar-refractivity contribution in [3.05, 3.63) is 35.4 Å². The number of benzene rings is 1. The molecule has 32 heavy (non-hydrogen) atoms. The third kappa shape index (κ3) is 9.58. The SMILES string of the molecule is CSCCC(NC(=O)CNCc1cccc(C2CC2)c1)C(=O)O.NCC(=O)N1CCCC1. The summed E-state index contributed by atoms with van der Waals surface area (Å²) in [5, 5.41) is 14.7. The highest BCUT2D eigenvalue weighted by Gasteiger charge is 2.23. The molecule has 0 spiro atoms. The monoisotopic (exact) mass is 464 g/mol. The van der Waals surface area contributed by atoms with Crippen molar-refractivity contribution in [2.45, 2.75) is 50.6 Å². The molecule has 1 aromatic rings. The van der Waals surface area contributed by atoms with Gasteiger partial charge in [-0.3, -0.25) is 9.59 Å². The van der Waals surface area contributed by atoms with Gasteiger partial charge < -0.3 is 26.4 Å². The Labute approximate surface area is 194 Å². The third-order valence-electron chi connectivity index (χ3n) is 5.49. The summed E-state index contributed by atoms with van der Waals surface area (Å²) in [5.74, 6) is 0.249. The van der Waals surface area contributed by atoms with E-state index >= 15 is 0 Å². The molecule has 9 heteroatoms. The second kappa shape index (κ2) is 14.1. The number of rotatable bonds is 11. The Morgan fingerprint density at radius 3 is 2.56 bits per heavy atom. The quantitative estimate of drug-likeness (QED) is 0.391. The highest BCUT2D eigenvalue weighted by atomic mass is 32.2. The number of amides is 2. The maximum absolute atomic E-state index is 11.9. The molecule has 1 unspecified atom stereocenters. The van der Waals surface area contributed by atoms with Crippen LogP contribution in [0.1, 0.15) is 49.1 Å². The summed E-state index contributed by atoms with van der Waals surface area (Å²) in [6, 6.07) is 7.61. The molecule has 1 heterocycles. The van der Waals surface area contributed by atoms with Crippen molar-refractivity contribution in [1.29, 1.82) is 0 Å². The minimum absolute atomic E-state index is 0.0903. The van der Waals surface area contributed by atoms with Gasteiger partial charge in [-0.25, -0.2) is 4.79 Å². The number of nitrogens with two attached hydrogens (primary N) is 1. The van der Waals surface area contributed by atoms with Crippen molar-refractivity contribution < 1.29 is 19.5 Å². The highest BCUT2D eigenvalue weighted by Crippen LogP contribution is 2.40. The predicted molar refractivity (Wildman–Crippen MR) is 128 cm³/mol. The maximum atomic E-state index is 11.9. The van der Waals surface area contributed by atoms with Crippen LogP contribution in [0.2, 0.25) is 0 Å². The van der Waals surface area contributed by atoms with Crippen LogP contribution in [0.4, 0.5) is 0 Å². The first kappa shape index (κ1) is 26.2. The molecule has 1 atom stereocenters. The number of carbonyl (C=O) groups excluding carboxylic acids is 2. The lowest BCUT2D eigenvalue weighted by Crippen LogP contribution is -2.44. The molecule has 0 bridgehead atoms. The van der Waals surface area contributed by atoms with Crippen LogP contribution in [0.15, 0.2) is 24.3 Å². The number of aliphatic carboxylic acids is 1. The molecule has 2 aliphatic rings. The molecule has 2 amide bonds. The number of carbonyl (C=O) groups is 3. The van der Waals surface area contributed by atoms with E-state index in [1.54, 1.807) is 11.8 Å². The van der Waals surface area contributed by atoms with E-state index in [1.807, 2.05) is 23.3 Å². The average Bonchev–Trinajstić information content (AvgIpc) is 3.50. The molecule has 8 nitrogen and oxygen atoms in total. The number of hydrogen-bond acceptors (Lipinski definition) is 6. The molecule has 0 aromatic heterocycles. The first-order chi connectivity index (χ1) is 15.4. The Balaban J connectivity index is 0.000000336. The lowest BCUT2D eigenvalue weighted by atomic mass is 10.1. The molecular weight excluding hydrogens is 428 g/mol. The average molecular weight is 465 g/mol. The zero-order chi connectivity index (χ0) is 23.3. The van der Waals surface area contributed by atoms with E-state index in [2.05, 4.69) is 22.8 Å². The number of hydrogen-bond donors (Lipinski definition) is 4. The molecule has 1 saturated heterocycles. The summed E-state index contributed by atoms with van der Waals surface area (Å²) in [5.41, 5.74) is 7.68. The van der Waals surface area contributed by atoms with Crippen molar-refractivity contribution >= 4 is 29.5 Å². The molecule has 0 radical (unpaired) electrons. The normalized spacial score (nSPS) is 16.1. The topological polar surface area (TPSA) is 125 Å². The molecule has 1 aliphatic heterocycles. The number of carboxylic acids is 1. The van der Waals surface area contributed by atoms with E-state index in [4.69, 9.17) is 10.8 Å². The van der Waals surface area contributed by atoms with Crippen LogP contribution in [-0.2, 0) is 20.9 Å². The Kier molecular flexibility index (Phi) is 11.5. The van der Waals surface area contributed by atoms with Crippen LogP contribution in [-0.4, -0.2) is 72.0 Å². The molecule has 1 aromatic carbocycles. The zero-order valence-electron chi connectivity index (χ0n) is 18.8. The van der Waals surface area contributed by atoms with Crippen LogP contribution in [0.3, 0.4) is 0 Å². The number of likely N-dealkylation sites (tertiary alicyclic amines) is 1. The van der Waals surface area contributed by atoms with Crippen molar-refractivity contribution in [1.82, 2.24) is 15.5 Å². The van der Waals surface area contributed by atoms with Crippen molar-refractivity contribution in [2.24, 2.45) is 5.73 Å². The molecule has 178 valence electrons. The van der Waals surface area contributed by atoms with Crippen molar-refractivity contribution in [3.8, 4) is 0 Å². The molecular formula is C23H36N4O4S. The zero-order valence-corrected chi connectivity index (χ0v) is 19.7. The lowest BCUT2D eigenvalue weighted by molar-refractivity contribution is -0.141. The number of carboxylic acid groups (broad SMARTS) is 1. The summed E-state index contributed by atoms with van der Waals surface area (Å²) < 4.78 is 0. The molecule has 2 fully saturated rings. The highest BCUT2D eigenvalue weighted by molar-refractivity contribution is 7.98. The fourth-order valence-corrected chi connectivity index (χ4v) is 4.00. The van der Waals surface area contributed by atoms with Gasteiger partial charge in [0.2, 0.25) is 11.8 Å². The summed E-state index contributed by atoms with van der Waals surface area (Å²) in [6.45, 7) is 2.72. The van der Waals surface area contributed by atoms with Crippen LogP contribution < -0.4 is 16.4 Å². The molecule has 5 N–H and O–H groups in total. The van der Waals surface area contributed by atoms with Crippen molar-refractivity contribution in [3.63, 3.8) is 0 Å². The largest absolute Gasteiger partial charge is 0.480 e. The Morgan fingerprint density at radius 2 is 1.97 bits per heavy atom. The van der Waals surface area contributed by atoms with Crippen molar-refractivity contribution in [2.75, 3.05) is 38.2 Å². The second-order valence-corrected chi connectivity index (χ2v) is 9.14. The van der Waals surface area contributed by atoms with Gasteiger partial charge in [0, 0.05) is 19.6 Å². The number of nitrogens with zero attached hydrogens (tertiary/aromatic N) is 1. The number of thioether (sulfide) groups is 1. The Hall–Kier alpha value is -2.10. The number of nitrogens with one attached hydrogen (secondary N) is 2. The predicted octanol–water partition coefficient (Wildman–Crippen LogP) is 1.54. The van der Waals surface area contributed by atoms with E-state index < -0.39 is 12.0 Å². The summed E-state index contributed by atoms with van der Waals surface area (Å²) in [7, 11) is 0. The maximum Gasteiger partial charge on any atom is 0.326 e. The van der Waals surface area contributed by atoms with Gasteiger partial charge in [0.15, 0.2) is 0 Å². The summed E-state index contributed by atoms with van der Waals surface area (Å²) in [6.07, 6.45) is 7.18. The van der Waals surface area contributed by atoms with Gasteiger partial charge in [0.05, 0.1) is 13.1 Å². The van der Waals surface area contributed by atoms with Crippen LogP contribution in [0, 0.1) is 0 Å². The van der Waals surface area contributed by atoms with E-state index in [-0.39, 0.29) is 24.9 Å². The van der Waals surface area contributed by atoms with E-state index in [0.717, 1.165) is 31.5 Å². The van der Waals surface area contributed by atoms with Gasteiger partial charge in [-0.15, -0.1) is 0 Å². The minimum Gasteiger partial charge on any atom is -0.480 e. The van der Waals surface area contributed by atoms with Crippen LogP contribution in [0.25, 0.3) is 0 Å². The van der Waals surface area contributed by atoms with E-state index in [1.165, 1.54) is 18.4 Å². The third-order valence-corrected chi connectivity index (χ3v) is 6.14. The van der Waals surface area contributed by atoms with Gasteiger partial charge in [0.1, 0.15) is 6.04 Å². The smallest absolute Gasteiger partial charge is 0.326 e. The fourth-order valence-electron chi connectivity index (χ4n) is 3.53. The molecule has 1 saturated carbocycles. The Morgan fingerprint density at radius 1 is 1.25 bits per heavy atom. The molecule has 1 aliphatic carbocycles. The summed E-state index contributed by atoms with van der Waals surface area (Å²) >= 11 is 1.57. The minimum atomic E-state index is -0.982. The standard InChI is InChI=1S/C17H24N2O3S.C6H12N2O/c1-23-8-7-15(17(21)22)19-16(20)11-18-10-12-3-2-4-14(9-12)13-5-6-13;7-5-6(9)8-3-1-2-4-8/h2-4,9,13,15,18H,5-8,10-11H2,1H3,(H,19,20)(H,21,22);1-5,7H2. The van der Waals surface area contributed by atoms with E-state index in [0.29, 0.717) is 24.6 Å². The first-order valence-electron chi connectivity index (χ1n) is 11.2. The fraction of sp³-hybridized carbons (Fsp3) is 0.609. The first-order valence-corrected chi connectivity index (χ1v) is 12.6. The van der Waals surface area contributed by atoms with Gasteiger partial charge in [-0.1, -0.05) is 24.3 Å². The van der Waals surface area contributed by atoms with Gasteiger partial charge >= 0.3 is 5.97 Å². The van der Waals surface area contributed by atoms with Gasteiger partial charge in [-0.05, 0) is 61.2 Å². The lowest BCUT2D eigenvalue weighted by Gasteiger charge is -2.14.